The van der Waals surface area contributed by atoms with Crippen molar-refractivity contribution in [1.29, 1.82) is 0 Å². The van der Waals surface area contributed by atoms with E-state index in [0.717, 1.165) is 51.9 Å². The Morgan fingerprint density at radius 2 is 2.00 bits per heavy atom. The summed E-state index contributed by atoms with van der Waals surface area (Å²) in [6.07, 6.45) is 5.10. The second kappa shape index (κ2) is 8.08. The number of anilines is 1. The summed E-state index contributed by atoms with van der Waals surface area (Å²) in [5.41, 5.74) is 0.407. The lowest BCUT2D eigenvalue weighted by Gasteiger charge is -2.37. The summed E-state index contributed by atoms with van der Waals surface area (Å²) in [5.74, 6) is 0.403. The Bertz CT molecular complexity index is 560. The highest BCUT2D eigenvalue weighted by Crippen LogP contribution is 2.26. The second-order valence-corrected chi connectivity index (χ2v) is 6.92. The average molecular weight is 334 g/mol. The van der Waals surface area contributed by atoms with E-state index in [1.165, 1.54) is 6.07 Å². The van der Waals surface area contributed by atoms with Crippen molar-refractivity contribution in [3.05, 3.63) is 30.1 Å². The monoisotopic (exact) mass is 334 g/mol. The van der Waals surface area contributed by atoms with Crippen LogP contribution in [0.25, 0.3) is 0 Å². The smallest absolute Gasteiger partial charge is 0.244 e. The van der Waals surface area contributed by atoms with Crippen LogP contribution in [-0.2, 0) is 9.53 Å². The summed E-state index contributed by atoms with van der Waals surface area (Å²) in [6, 6.07) is 6.41. The molecule has 0 aromatic heterocycles. The highest BCUT2D eigenvalue weighted by Gasteiger charge is 2.33. The third kappa shape index (κ3) is 3.95. The van der Waals surface area contributed by atoms with Crippen LogP contribution >= 0.6 is 0 Å². The number of hydrogen-bond donors (Lipinski definition) is 0. The number of likely N-dealkylation sites (N-methyl/N-ethyl adjacent to an activating group) is 1. The molecule has 2 fully saturated rings. The van der Waals surface area contributed by atoms with E-state index in [9.17, 15) is 9.18 Å². The summed E-state index contributed by atoms with van der Waals surface area (Å²) >= 11 is 0. The Morgan fingerprint density at radius 3 is 2.75 bits per heavy atom. The molecule has 1 atom stereocenters. The van der Waals surface area contributed by atoms with Crippen molar-refractivity contribution in [1.82, 2.24) is 4.90 Å². The molecular formula is C19H27FN2O2. The number of rotatable bonds is 5. The largest absolute Gasteiger partial charge is 0.381 e. The topological polar surface area (TPSA) is 32.8 Å². The van der Waals surface area contributed by atoms with E-state index in [2.05, 4.69) is 4.90 Å². The predicted octanol–water partition coefficient (Wildman–Crippen LogP) is 3.07. The maximum absolute atomic E-state index is 14.0. The Balaban J connectivity index is 1.60. The molecule has 2 aliphatic rings. The lowest BCUT2D eigenvalue weighted by Crippen LogP contribution is -2.52. The average Bonchev–Trinajstić information content (AvgIpc) is 2.61. The van der Waals surface area contributed by atoms with Gasteiger partial charge in [-0.1, -0.05) is 12.1 Å². The standard InChI is InChI=1S/C19H27FN2O2/c1-21(12-8-15-9-13-24-14-10-15)18-7-4-11-22(19(18)23)17-6-3-2-5-16(17)20/h2-3,5-6,15,18H,4,7-14H2,1H3. The fraction of sp³-hybridized carbons (Fsp3) is 0.632. The van der Waals surface area contributed by atoms with Gasteiger partial charge in [0.2, 0.25) is 5.91 Å². The minimum atomic E-state index is -0.323. The molecule has 0 bridgehead atoms. The summed E-state index contributed by atoms with van der Waals surface area (Å²) in [4.78, 5) is 16.6. The van der Waals surface area contributed by atoms with Gasteiger partial charge in [0, 0.05) is 19.8 Å². The zero-order valence-electron chi connectivity index (χ0n) is 14.4. The molecule has 1 unspecified atom stereocenters. The highest BCUT2D eigenvalue weighted by atomic mass is 19.1. The fourth-order valence-electron chi connectivity index (χ4n) is 3.75. The molecule has 1 aromatic rings. The summed E-state index contributed by atoms with van der Waals surface area (Å²) < 4.78 is 19.5. The van der Waals surface area contributed by atoms with E-state index in [0.29, 0.717) is 18.2 Å². The number of para-hydroxylation sites is 1. The first-order valence-corrected chi connectivity index (χ1v) is 9.00. The predicted molar refractivity (Wildman–Crippen MR) is 92.6 cm³/mol. The number of amides is 1. The van der Waals surface area contributed by atoms with Crippen LogP contribution in [0, 0.1) is 11.7 Å². The lowest BCUT2D eigenvalue weighted by atomic mass is 9.95. The molecule has 0 aliphatic carbocycles. The minimum absolute atomic E-state index is 0.0285. The molecule has 4 nitrogen and oxygen atoms in total. The van der Waals surface area contributed by atoms with Crippen molar-refractivity contribution >= 4 is 11.6 Å². The molecule has 5 heteroatoms. The van der Waals surface area contributed by atoms with Gasteiger partial charge in [0.05, 0.1) is 11.7 Å². The Morgan fingerprint density at radius 1 is 1.25 bits per heavy atom. The highest BCUT2D eigenvalue weighted by molar-refractivity contribution is 5.98. The van der Waals surface area contributed by atoms with Gasteiger partial charge in [0.15, 0.2) is 0 Å². The number of benzene rings is 1. The first-order valence-electron chi connectivity index (χ1n) is 9.00. The molecule has 2 aliphatic heterocycles. The fourth-order valence-corrected chi connectivity index (χ4v) is 3.75. The number of carbonyl (C=O) groups is 1. The molecule has 0 radical (unpaired) electrons. The van der Waals surface area contributed by atoms with E-state index >= 15 is 0 Å². The van der Waals surface area contributed by atoms with E-state index in [-0.39, 0.29) is 17.8 Å². The molecule has 2 heterocycles. The molecule has 132 valence electrons. The second-order valence-electron chi connectivity index (χ2n) is 6.92. The van der Waals surface area contributed by atoms with Crippen LogP contribution in [0.3, 0.4) is 0 Å². The Labute approximate surface area is 143 Å². The van der Waals surface area contributed by atoms with Crippen molar-refractivity contribution < 1.29 is 13.9 Å². The number of hydrogen-bond acceptors (Lipinski definition) is 3. The third-order valence-electron chi connectivity index (χ3n) is 5.32. The van der Waals surface area contributed by atoms with Crippen LogP contribution in [-0.4, -0.2) is 50.2 Å². The van der Waals surface area contributed by atoms with Gasteiger partial charge in [-0.3, -0.25) is 9.69 Å². The number of ether oxygens (including phenoxy) is 1. The number of carbonyl (C=O) groups excluding carboxylic acids is 1. The zero-order valence-corrected chi connectivity index (χ0v) is 14.4. The number of piperidine rings is 1. The van der Waals surface area contributed by atoms with Gasteiger partial charge in [-0.15, -0.1) is 0 Å². The molecular weight excluding hydrogens is 307 g/mol. The zero-order chi connectivity index (χ0) is 16.9. The number of nitrogens with zero attached hydrogens (tertiary/aromatic N) is 2. The number of halogens is 1. The van der Waals surface area contributed by atoms with Crippen LogP contribution in [0.2, 0.25) is 0 Å². The normalized spacial score (nSPS) is 23.0. The molecule has 0 spiro atoms. The quantitative estimate of drug-likeness (QED) is 0.830. The van der Waals surface area contributed by atoms with Crippen molar-refractivity contribution in [2.24, 2.45) is 5.92 Å². The van der Waals surface area contributed by atoms with Crippen LogP contribution in [0.15, 0.2) is 24.3 Å². The van der Waals surface area contributed by atoms with Gasteiger partial charge in [0.25, 0.3) is 0 Å². The molecule has 0 N–H and O–H groups in total. The maximum atomic E-state index is 14.0. The molecule has 0 saturated carbocycles. The summed E-state index contributed by atoms with van der Waals surface area (Å²) in [6.45, 7) is 3.23. The van der Waals surface area contributed by atoms with E-state index < -0.39 is 0 Å². The first kappa shape index (κ1) is 17.4. The maximum Gasteiger partial charge on any atom is 0.244 e. The van der Waals surface area contributed by atoms with Gasteiger partial charge in [-0.2, -0.15) is 0 Å². The van der Waals surface area contributed by atoms with Gasteiger partial charge >= 0.3 is 0 Å². The summed E-state index contributed by atoms with van der Waals surface area (Å²) in [5, 5.41) is 0. The summed E-state index contributed by atoms with van der Waals surface area (Å²) in [7, 11) is 2.02. The SMILES string of the molecule is CN(CCC1CCOCC1)C1CCCN(c2ccccc2F)C1=O. The van der Waals surface area contributed by atoms with Crippen molar-refractivity contribution in [2.75, 3.05) is 38.3 Å². The minimum Gasteiger partial charge on any atom is -0.381 e. The van der Waals surface area contributed by atoms with Crippen molar-refractivity contribution in [2.45, 2.75) is 38.1 Å². The van der Waals surface area contributed by atoms with E-state index in [1.54, 1.807) is 23.1 Å². The molecule has 3 rings (SSSR count). The van der Waals surface area contributed by atoms with Gasteiger partial charge < -0.3 is 9.64 Å². The van der Waals surface area contributed by atoms with E-state index in [4.69, 9.17) is 4.74 Å². The van der Waals surface area contributed by atoms with Crippen molar-refractivity contribution in [3.63, 3.8) is 0 Å². The molecule has 1 amide bonds. The van der Waals surface area contributed by atoms with E-state index in [1.807, 2.05) is 7.05 Å². The Kier molecular flexibility index (Phi) is 5.85. The molecule has 1 aromatic carbocycles. The molecule has 2 saturated heterocycles. The van der Waals surface area contributed by atoms with Crippen LogP contribution in [0.4, 0.5) is 10.1 Å². The Hall–Kier alpha value is -1.46. The molecule has 24 heavy (non-hydrogen) atoms. The van der Waals surface area contributed by atoms with Gasteiger partial charge in [-0.25, -0.2) is 4.39 Å². The van der Waals surface area contributed by atoms with Crippen molar-refractivity contribution in [3.8, 4) is 0 Å². The first-order chi connectivity index (χ1) is 11.7. The van der Waals surface area contributed by atoms with Crippen LogP contribution < -0.4 is 4.90 Å². The van der Waals surface area contributed by atoms with Gasteiger partial charge in [0.1, 0.15) is 5.82 Å². The third-order valence-corrected chi connectivity index (χ3v) is 5.32. The lowest BCUT2D eigenvalue weighted by molar-refractivity contribution is -0.125. The van der Waals surface area contributed by atoms with Crippen LogP contribution in [0.1, 0.15) is 32.1 Å². The van der Waals surface area contributed by atoms with Crippen LogP contribution in [0.5, 0.6) is 0 Å². The van der Waals surface area contributed by atoms with Gasteiger partial charge in [-0.05, 0) is 63.7 Å².